The Labute approximate surface area is 744 Å². The number of nitrogens with one attached hydrogen (secondary N) is 11. The van der Waals surface area contributed by atoms with Gasteiger partial charge in [-0.25, -0.2) is 0 Å². The van der Waals surface area contributed by atoms with Gasteiger partial charge in [0.2, 0.25) is 65.0 Å². The quantitative estimate of drug-likeness (QED) is 0.0121. The number of aromatic hydroxyl groups is 2. The smallest absolute Gasteiger partial charge is 0.303 e. The third-order valence-electron chi connectivity index (χ3n) is 20.6. The number of likely N-dealkylation sites (N-methyl/N-ethyl adjacent to an activating group) is 2. The molecule has 0 unspecified atom stereocenters. The third kappa shape index (κ3) is 35.0. The largest absolute Gasteiger partial charge is 0.507 e. The molecule has 0 bridgehead atoms. The summed E-state index contributed by atoms with van der Waals surface area (Å²) in [4.78, 5) is 172. The molecule has 123 heavy (non-hydrogen) atoms. The summed E-state index contributed by atoms with van der Waals surface area (Å²) >= 11 is 3.93. The maximum Gasteiger partial charge on any atom is 0.303 e. The van der Waals surface area contributed by atoms with Crippen LogP contribution in [-0.4, -0.2) is 237 Å². The van der Waals surface area contributed by atoms with Crippen LogP contribution in [0.15, 0.2) is 131 Å². The third-order valence-corrected chi connectivity index (χ3v) is 22.3. The summed E-state index contributed by atoms with van der Waals surface area (Å²) in [6.45, 7) is 1.39. The van der Waals surface area contributed by atoms with E-state index in [2.05, 4.69) is 68.5 Å². The maximum atomic E-state index is 14.4. The van der Waals surface area contributed by atoms with E-state index in [-0.39, 0.29) is 100 Å². The van der Waals surface area contributed by atoms with Gasteiger partial charge in [0.25, 0.3) is 0 Å². The number of benzene rings is 6. The van der Waals surface area contributed by atoms with Crippen molar-refractivity contribution in [2.24, 2.45) is 38.7 Å². The van der Waals surface area contributed by atoms with Gasteiger partial charge in [-0.3, -0.25) is 67.5 Å². The Morgan fingerprint density at radius 1 is 0.415 bits per heavy atom. The number of nitrogens with zero attached hydrogens (tertiary/aromatic N) is 4. The highest BCUT2D eigenvalue weighted by Crippen LogP contribution is 2.26. The molecule has 0 spiro atoms. The number of aliphatic imine (C=N–C) groups is 2. The van der Waals surface area contributed by atoms with E-state index in [1.165, 1.54) is 50.1 Å². The van der Waals surface area contributed by atoms with Crippen molar-refractivity contribution in [2.45, 2.75) is 177 Å². The van der Waals surface area contributed by atoms with Gasteiger partial charge in [0.15, 0.2) is 11.9 Å². The summed E-state index contributed by atoms with van der Waals surface area (Å²) in [7, 11) is 5.99. The number of guanidine groups is 2. The molecule has 2 heterocycles. The predicted molar refractivity (Wildman–Crippen MR) is 488 cm³/mol. The second-order valence-electron chi connectivity index (χ2n) is 30.0. The first-order valence-corrected chi connectivity index (χ1v) is 43.4. The molecule has 0 radical (unpaired) electrons. The molecule has 35 nitrogen and oxygen atoms in total. The zero-order valence-electron chi connectivity index (χ0n) is 70.1. The lowest BCUT2D eigenvalue weighted by atomic mass is 10.00. The van der Waals surface area contributed by atoms with E-state index in [4.69, 9.17) is 33.8 Å². The molecular weight excluding hydrogens is 1810 g/mol. The number of nitrogens with two attached hydrogens (primary N) is 5. The molecule has 0 aromatic heterocycles. The van der Waals surface area contributed by atoms with Crippen LogP contribution in [0.4, 0.5) is 0 Å². The molecule has 37 heteroatoms. The number of halogens is 2. The number of carbonyl (C=O) groups is 12. The first-order valence-electron chi connectivity index (χ1n) is 41.3. The maximum absolute atomic E-state index is 14.4. The van der Waals surface area contributed by atoms with Gasteiger partial charge < -0.3 is 112 Å². The SMILES string of the molecule is CN=C(N)NCCC[C@@H]1NC(=O)[C@@H](CCCN)N(C)C(=O)[C@@H](Cc2ccc(O)c(I)c2)NC(=O)CNC(=O)[C@H](Cc2ccc3ccccc3c2)NC1=O.CN=C(N)NCCC[C@@H]1NC(=O)[C@@H](CCCNC(=O)CCCCCN)N(C)C(=O)[C@@H](Cc2ccc(O)c(I)c2)NC(=O)CNC(=O)[C@H](Cc2ccc3ccccc3c2)NC1=O.NCCCCCC(=O)O. The van der Waals surface area contributed by atoms with E-state index in [1.54, 1.807) is 24.3 Å². The van der Waals surface area contributed by atoms with Gasteiger partial charge in [0.1, 0.15) is 59.8 Å². The van der Waals surface area contributed by atoms with Crippen LogP contribution in [-0.2, 0) is 83.2 Å². The number of amides is 11. The zero-order valence-corrected chi connectivity index (χ0v) is 74.5. The average molecular weight is 1930 g/mol. The zero-order chi connectivity index (χ0) is 89.9. The van der Waals surface area contributed by atoms with E-state index in [0.717, 1.165) is 64.8 Å². The summed E-state index contributed by atoms with van der Waals surface area (Å²) in [5, 5.41) is 63.1. The summed E-state index contributed by atoms with van der Waals surface area (Å²) in [5.41, 5.74) is 31.0. The molecule has 8 atom stereocenters. The molecule has 6 aromatic rings. The molecule has 8 rings (SSSR count). The molecule has 2 aliphatic heterocycles. The topological polar surface area (TPSA) is 559 Å². The van der Waals surface area contributed by atoms with E-state index in [1.807, 2.05) is 130 Å². The lowest BCUT2D eigenvalue weighted by Crippen LogP contribution is -2.58. The molecule has 2 aliphatic rings. The second kappa shape index (κ2) is 53.8. The first-order chi connectivity index (χ1) is 58.9. The number of carboxylic acids is 1. The van der Waals surface area contributed by atoms with Crippen molar-refractivity contribution in [3.05, 3.63) is 151 Å². The van der Waals surface area contributed by atoms with Crippen LogP contribution in [0, 0.1) is 7.14 Å². The second-order valence-corrected chi connectivity index (χ2v) is 32.3. The highest BCUT2D eigenvalue weighted by atomic mass is 127. The van der Waals surface area contributed by atoms with Crippen LogP contribution in [0.2, 0.25) is 0 Å². The molecule has 6 aromatic carbocycles. The van der Waals surface area contributed by atoms with Gasteiger partial charge in [-0.1, -0.05) is 110 Å². The molecule has 2 saturated heterocycles. The predicted octanol–water partition coefficient (Wildman–Crippen LogP) is 2.07. The minimum atomic E-state index is -1.19. The van der Waals surface area contributed by atoms with Gasteiger partial charge in [-0.15, -0.1) is 0 Å². The number of hydrogen-bond acceptors (Lipinski definition) is 19. The molecular formula is C86H120I2N20O15. The van der Waals surface area contributed by atoms with E-state index in [9.17, 15) is 67.7 Å². The normalized spacial score (nSPS) is 19.4. The number of unbranched alkanes of at least 4 members (excludes halogenated alkanes) is 4. The Kier molecular flexibility index (Phi) is 44.1. The Bertz CT molecular complexity index is 4620. The lowest BCUT2D eigenvalue weighted by Gasteiger charge is -2.32. The molecule has 0 saturated carbocycles. The number of rotatable bonds is 33. The Morgan fingerprint density at radius 2 is 0.772 bits per heavy atom. The van der Waals surface area contributed by atoms with Crippen LogP contribution in [0.25, 0.3) is 21.5 Å². The van der Waals surface area contributed by atoms with Gasteiger partial charge in [0, 0.05) is 86.3 Å². The number of carbonyl (C=O) groups excluding carboxylic acids is 11. The van der Waals surface area contributed by atoms with E-state index in [0.29, 0.717) is 83.0 Å². The van der Waals surface area contributed by atoms with E-state index < -0.39 is 126 Å². The monoisotopic (exact) mass is 1930 g/mol. The lowest BCUT2D eigenvalue weighted by molar-refractivity contribution is -0.142. The number of aliphatic carboxylic acids is 1. The summed E-state index contributed by atoms with van der Waals surface area (Å²) in [5.74, 6) is -6.54. The van der Waals surface area contributed by atoms with Crippen LogP contribution < -0.4 is 87.2 Å². The van der Waals surface area contributed by atoms with Crippen molar-refractivity contribution in [2.75, 3.05) is 80.5 Å². The van der Waals surface area contributed by atoms with Crippen molar-refractivity contribution in [3.8, 4) is 11.5 Å². The van der Waals surface area contributed by atoms with Crippen molar-refractivity contribution in [1.29, 1.82) is 0 Å². The van der Waals surface area contributed by atoms with Gasteiger partial charge in [0.05, 0.1) is 20.2 Å². The van der Waals surface area contributed by atoms with Crippen LogP contribution in [0.3, 0.4) is 0 Å². The summed E-state index contributed by atoms with van der Waals surface area (Å²) in [6.07, 6.45) is 7.82. The number of carboxylic acid groups (broad SMARTS) is 1. The van der Waals surface area contributed by atoms with E-state index >= 15 is 0 Å². The number of fused-ring (bicyclic) bond motifs is 2. The Morgan fingerprint density at radius 3 is 1.17 bits per heavy atom. The number of hydrogen-bond donors (Lipinski definition) is 19. The summed E-state index contributed by atoms with van der Waals surface area (Å²) in [6, 6.07) is 27.5. The number of phenolic OH excluding ortho intramolecular Hbond substituents is 2. The fraction of sp³-hybridized carbons (Fsp3) is 0.465. The van der Waals surface area contributed by atoms with Crippen molar-refractivity contribution in [1.82, 2.24) is 68.3 Å². The Balaban J connectivity index is 0.000000348. The Hall–Kier alpha value is -11.0. The molecule has 11 amide bonds. The van der Waals surface area contributed by atoms with Crippen LogP contribution in [0.5, 0.6) is 11.5 Å². The molecule has 0 aliphatic carbocycles. The molecule has 2 fully saturated rings. The minimum Gasteiger partial charge on any atom is -0.507 e. The highest BCUT2D eigenvalue weighted by Gasteiger charge is 2.39. The van der Waals surface area contributed by atoms with Gasteiger partial charge in [-0.05, 0) is 210 Å². The van der Waals surface area contributed by atoms with Crippen molar-refractivity contribution < 1.29 is 72.9 Å². The van der Waals surface area contributed by atoms with Gasteiger partial charge >= 0.3 is 5.97 Å². The summed E-state index contributed by atoms with van der Waals surface area (Å²) < 4.78 is 1.09. The first kappa shape index (κ1) is 101. The number of phenols is 2. The highest BCUT2D eigenvalue weighted by molar-refractivity contribution is 14.1. The minimum absolute atomic E-state index is 0.00184. The van der Waals surface area contributed by atoms with Gasteiger partial charge in [-0.2, -0.15) is 0 Å². The van der Waals surface area contributed by atoms with Crippen LogP contribution in [0.1, 0.15) is 125 Å². The standard InChI is InChI=1S/C43H59IN10O7.C37H48IN9O6.C6H13NO2/c1-47-43(46)49-21-8-12-32-40(59)53-33(24-27-15-17-29-10-5-6-11-30(29)22-27)39(58)50-26-38(57)51-34(25-28-16-18-36(55)31(44)23-28)42(61)54(2)35(41(60)52-32)13-9-20-48-37(56)14-4-3-7-19-45;1-41-37(40)42-16-6-9-27-34(51)46-28(19-22-11-13-24-7-3-4-8-25(24)17-22)33(50)43-21-32(49)44-29(20-23-12-14-31(48)26(38)18-23)36(53)47(2)30(10-5-15-39)35(52)45-27;7-5-3-1-2-4-6(8)9/h5-6,10-11,15-18,22-23,32-35,55H,3-4,7-9,12-14,19-21,24-26,45H2,1-2H3,(H,48,56)(H,50,58)(H,51,57)(H,52,60)(H,53,59)(H3,46,47,49);3-4,7-8,11-14,17-18,27-30,48H,5-6,9-10,15-16,19-21,39H2,1-2H3,(H,43,50)(H,44,49)(H,45,52)(H,46,51)(H3,40,41,42);1-5,7H2,(H,8,9)/t32-,33-,34+,35+;27-,28-,29+,30+;/m00./s1. The van der Waals surface area contributed by atoms with Crippen molar-refractivity contribution in [3.63, 3.8) is 0 Å². The fourth-order valence-electron chi connectivity index (χ4n) is 13.7. The molecule has 24 N–H and O–H groups in total. The van der Waals surface area contributed by atoms with Crippen molar-refractivity contribution >= 4 is 150 Å². The average Bonchev–Trinajstić information content (AvgIpc) is 1.73. The molecule has 668 valence electrons. The fourth-order valence-corrected chi connectivity index (χ4v) is 14.8. The van der Waals surface area contributed by atoms with Crippen LogP contribution >= 0.6 is 45.2 Å².